The molecule has 0 bridgehead atoms. The standard InChI is InChI=1S/C15H23NO/c1-2-3-6-11-17-15-8-5-4-7-14(15)16-12-13-9-10-13/h4-5,7-8,13,16H,2-3,6,9-12H2,1H3. The van der Waals surface area contributed by atoms with Gasteiger partial charge in [0.1, 0.15) is 5.75 Å². The number of hydrogen-bond acceptors (Lipinski definition) is 2. The summed E-state index contributed by atoms with van der Waals surface area (Å²) in [6.07, 6.45) is 6.40. The lowest BCUT2D eigenvalue weighted by Crippen LogP contribution is -2.06. The fraction of sp³-hybridized carbons (Fsp3) is 0.600. The molecule has 1 aromatic carbocycles. The summed E-state index contributed by atoms with van der Waals surface area (Å²) in [6, 6.07) is 8.27. The molecule has 0 unspecified atom stereocenters. The van der Waals surface area contributed by atoms with E-state index in [0.29, 0.717) is 0 Å². The van der Waals surface area contributed by atoms with E-state index in [0.717, 1.165) is 36.9 Å². The van der Waals surface area contributed by atoms with Crippen molar-refractivity contribution in [2.75, 3.05) is 18.5 Å². The Balaban J connectivity index is 1.80. The zero-order chi connectivity index (χ0) is 11.9. The van der Waals surface area contributed by atoms with Crippen LogP contribution in [0.3, 0.4) is 0 Å². The van der Waals surface area contributed by atoms with E-state index in [1.807, 2.05) is 6.07 Å². The largest absolute Gasteiger partial charge is 0.491 e. The molecule has 1 saturated carbocycles. The second-order valence-corrected chi connectivity index (χ2v) is 4.88. The Morgan fingerprint density at radius 2 is 2.06 bits per heavy atom. The molecule has 0 heterocycles. The van der Waals surface area contributed by atoms with Gasteiger partial charge in [-0.05, 0) is 37.3 Å². The summed E-state index contributed by atoms with van der Waals surface area (Å²) in [6.45, 7) is 4.14. The van der Waals surface area contributed by atoms with E-state index in [-0.39, 0.29) is 0 Å². The second-order valence-electron chi connectivity index (χ2n) is 4.88. The summed E-state index contributed by atoms with van der Waals surface area (Å²) in [4.78, 5) is 0. The number of hydrogen-bond donors (Lipinski definition) is 1. The van der Waals surface area contributed by atoms with Crippen molar-refractivity contribution in [3.05, 3.63) is 24.3 Å². The maximum absolute atomic E-state index is 5.83. The molecule has 0 aliphatic heterocycles. The van der Waals surface area contributed by atoms with Crippen LogP contribution in [0, 0.1) is 5.92 Å². The first-order valence-electron chi connectivity index (χ1n) is 6.86. The molecule has 1 aliphatic rings. The first kappa shape index (κ1) is 12.3. The predicted octanol–water partition coefficient (Wildman–Crippen LogP) is 4.08. The molecule has 17 heavy (non-hydrogen) atoms. The molecule has 1 N–H and O–H groups in total. The molecule has 0 spiro atoms. The average molecular weight is 233 g/mol. The van der Waals surface area contributed by atoms with Crippen LogP contribution in [0.2, 0.25) is 0 Å². The number of ether oxygens (including phenoxy) is 1. The van der Waals surface area contributed by atoms with Gasteiger partial charge in [0.25, 0.3) is 0 Å². The summed E-state index contributed by atoms with van der Waals surface area (Å²) in [5.74, 6) is 1.90. The van der Waals surface area contributed by atoms with E-state index >= 15 is 0 Å². The van der Waals surface area contributed by atoms with E-state index in [4.69, 9.17) is 4.74 Å². The molecule has 1 aromatic rings. The summed E-state index contributed by atoms with van der Waals surface area (Å²) < 4.78 is 5.83. The molecule has 1 aliphatic carbocycles. The number of benzene rings is 1. The van der Waals surface area contributed by atoms with Crippen molar-refractivity contribution in [1.29, 1.82) is 0 Å². The van der Waals surface area contributed by atoms with Gasteiger partial charge in [-0.1, -0.05) is 31.9 Å². The Morgan fingerprint density at radius 3 is 2.82 bits per heavy atom. The molecule has 2 heteroatoms. The summed E-state index contributed by atoms with van der Waals surface area (Å²) in [5, 5.41) is 3.49. The second kappa shape index (κ2) is 6.53. The Labute approximate surface area is 104 Å². The minimum Gasteiger partial charge on any atom is -0.491 e. The quantitative estimate of drug-likeness (QED) is 0.683. The van der Waals surface area contributed by atoms with Crippen molar-refractivity contribution in [3.8, 4) is 5.75 Å². The number of para-hydroxylation sites is 2. The number of unbranched alkanes of at least 4 members (excludes halogenated alkanes) is 2. The van der Waals surface area contributed by atoms with Crippen LogP contribution in [0.15, 0.2) is 24.3 Å². The Hall–Kier alpha value is -1.18. The van der Waals surface area contributed by atoms with Gasteiger partial charge in [0.15, 0.2) is 0 Å². The van der Waals surface area contributed by atoms with Gasteiger partial charge in [-0.25, -0.2) is 0 Å². The molecule has 0 radical (unpaired) electrons. The maximum Gasteiger partial charge on any atom is 0.142 e. The summed E-state index contributed by atoms with van der Waals surface area (Å²) >= 11 is 0. The highest BCUT2D eigenvalue weighted by atomic mass is 16.5. The molecule has 1 fully saturated rings. The van der Waals surface area contributed by atoms with E-state index < -0.39 is 0 Å². The third kappa shape index (κ3) is 4.29. The van der Waals surface area contributed by atoms with E-state index in [1.54, 1.807) is 0 Å². The summed E-state index contributed by atoms with van der Waals surface area (Å²) in [7, 11) is 0. The van der Waals surface area contributed by atoms with Gasteiger partial charge in [-0.3, -0.25) is 0 Å². The van der Waals surface area contributed by atoms with Crippen LogP contribution in [0.5, 0.6) is 5.75 Å². The van der Waals surface area contributed by atoms with Crippen molar-refractivity contribution in [3.63, 3.8) is 0 Å². The molecule has 0 amide bonds. The topological polar surface area (TPSA) is 21.3 Å². The first-order valence-corrected chi connectivity index (χ1v) is 6.86. The van der Waals surface area contributed by atoms with Gasteiger partial charge in [-0.15, -0.1) is 0 Å². The van der Waals surface area contributed by atoms with Crippen LogP contribution >= 0.6 is 0 Å². The van der Waals surface area contributed by atoms with Gasteiger partial charge in [-0.2, -0.15) is 0 Å². The third-order valence-corrected chi connectivity index (χ3v) is 3.17. The molecular formula is C15H23NO. The lowest BCUT2D eigenvalue weighted by molar-refractivity contribution is 0.307. The van der Waals surface area contributed by atoms with Crippen LogP contribution in [0.4, 0.5) is 5.69 Å². The van der Waals surface area contributed by atoms with Gasteiger partial charge in [0.05, 0.1) is 12.3 Å². The highest BCUT2D eigenvalue weighted by molar-refractivity contribution is 5.56. The van der Waals surface area contributed by atoms with Crippen molar-refractivity contribution in [1.82, 2.24) is 0 Å². The normalized spacial score (nSPS) is 14.6. The van der Waals surface area contributed by atoms with Gasteiger partial charge >= 0.3 is 0 Å². The fourth-order valence-electron chi connectivity index (χ4n) is 1.85. The van der Waals surface area contributed by atoms with Crippen LogP contribution in [0.25, 0.3) is 0 Å². The predicted molar refractivity (Wildman–Crippen MR) is 72.7 cm³/mol. The van der Waals surface area contributed by atoms with E-state index in [1.165, 1.54) is 25.7 Å². The first-order chi connectivity index (χ1) is 8.40. The molecule has 0 saturated heterocycles. The third-order valence-electron chi connectivity index (χ3n) is 3.17. The molecule has 94 valence electrons. The van der Waals surface area contributed by atoms with Crippen LogP contribution in [0.1, 0.15) is 39.0 Å². The average Bonchev–Trinajstić information content (AvgIpc) is 3.17. The van der Waals surface area contributed by atoms with Crippen molar-refractivity contribution in [2.24, 2.45) is 5.92 Å². The molecule has 2 rings (SSSR count). The lowest BCUT2D eigenvalue weighted by Gasteiger charge is -2.12. The molecule has 0 atom stereocenters. The smallest absolute Gasteiger partial charge is 0.142 e. The fourth-order valence-corrected chi connectivity index (χ4v) is 1.85. The monoisotopic (exact) mass is 233 g/mol. The Morgan fingerprint density at radius 1 is 1.24 bits per heavy atom. The van der Waals surface area contributed by atoms with Gasteiger partial charge in [0.2, 0.25) is 0 Å². The zero-order valence-electron chi connectivity index (χ0n) is 10.7. The minimum absolute atomic E-state index is 0.829. The lowest BCUT2D eigenvalue weighted by atomic mass is 10.2. The Kier molecular flexibility index (Phi) is 4.72. The number of rotatable bonds is 8. The zero-order valence-corrected chi connectivity index (χ0v) is 10.7. The Bertz CT molecular complexity index is 333. The molecule has 2 nitrogen and oxygen atoms in total. The van der Waals surface area contributed by atoms with Crippen molar-refractivity contribution in [2.45, 2.75) is 39.0 Å². The van der Waals surface area contributed by atoms with Crippen LogP contribution in [-0.4, -0.2) is 13.2 Å². The number of anilines is 1. The molecule has 0 aromatic heterocycles. The highest BCUT2D eigenvalue weighted by Gasteiger charge is 2.20. The van der Waals surface area contributed by atoms with E-state index in [2.05, 4.69) is 30.4 Å². The molecular weight excluding hydrogens is 210 g/mol. The summed E-state index contributed by atoms with van der Waals surface area (Å²) in [5.41, 5.74) is 1.15. The number of nitrogens with one attached hydrogen (secondary N) is 1. The van der Waals surface area contributed by atoms with Crippen LogP contribution in [-0.2, 0) is 0 Å². The van der Waals surface area contributed by atoms with Gasteiger partial charge in [0, 0.05) is 6.54 Å². The SMILES string of the molecule is CCCCCOc1ccccc1NCC1CC1. The van der Waals surface area contributed by atoms with Crippen LogP contribution < -0.4 is 10.1 Å². The highest BCUT2D eigenvalue weighted by Crippen LogP contribution is 2.31. The minimum atomic E-state index is 0.829. The van der Waals surface area contributed by atoms with Crippen molar-refractivity contribution >= 4 is 5.69 Å². The van der Waals surface area contributed by atoms with Gasteiger partial charge < -0.3 is 10.1 Å². The van der Waals surface area contributed by atoms with Crippen molar-refractivity contribution < 1.29 is 4.74 Å². The maximum atomic E-state index is 5.83. The van der Waals surface area contributed by atoms with E-state index in [9.17, 15) is 0 Å².